The first kappa shape index (κ1) is 21.3. The van der Waals surface area contributed by atoms with Crippen LogP contribution in [0.15, 0.2) is 47.7 Å². The van der Waals surface area contributed by atoms with Crippen LogP contribution >= 0.6 is 24.0 Å². The minimum atomic E-state index is 0. The number of hydrogen-bond donors (Lipinski definition) is 1. The van der Waals surface area contributed by atoms with Crippen LogP contribution in [0.4, 0.5) is 11.6 Å². The second-order valence-corrected chi connectivity index (χ2v) is 6.85. The van der Waals surface area contributed by atoms with E-state index < -0.39 is 0 Å². The van der Waals surface area contributed by atoms with Gasteiger partial charge in [0.05, 0.1) is 6.42 Å². The van der Waals surface area contributed by atoms with Crippen molar-refractivity contribution in [3.63, 3.8) is 0 Å². The van der Waals surface area contributed by atoms with Gasteiger partial charge in [0.1, 0.15) is 0 Å². The van der Waals surface area contributed by atoms with Crippen LogP contribution in [0.25, 0.3) is 0 Å². The van der Waals surface area contributed by atoms with Crippen molar-refractivity contribution < 1.29 is 4.79 Å². The van der Waals surface area contributed by atoms with Crippen LogP contribution in [0.1, 0.15) is 5.56 Å². The summed E-state index contributed by atoms with van der Waals surface area (Å²) in [5.74, 6) is 1.80. The average Bonchev–Trinajstić information content (AvgIpc) is 3.07. The minimum absolute atomic E-state index is 0. The van der Waals surface area contributed by atoms with Crippen molar-refractivity contribution >= 4 is 47.5 Å². The van der Waals surface area contributed by atoms with Gasteiger partial charge >= 0.3 is 0 Å². The van der Waals surface area contributed by atoms with E-state index in [4.69, 9.17) is 0 Å². The molecule has 0 radical (unpaired) electrons. The molecule has 29 heavy (non-hydrogen) atoms. The van der Waals surface area contributed by atoms with Crippen molar-refractivity contribution in [1.29, 1.82) is 0 Å². The number of halogens is 1. The highest BCUT2D eigenvalue weighted by Crippen LogP contribution is 2.27. The number of rotatable bonds is 4. The number of para-hydroxylation sites is 1. The largest absolute Gasteiger partial charge is 0.354 e. The number of amides is 1. The Kier molecular flexibility index (Phi) is 7.24. The first-order valence-corrected chi connectivity index (χ1v) is 9.62. The van der Waals surface area contributed by atoms with Crippen LogP contribution in [-0.2, 0) is 11.2 Å². The second kappa shape index (κ2) is 9.86. The molecule has 0 spiro atoms. The topological polar surface area (TPSA) is 77.0 Å². The van der Waals surface area contributed by atoms with Crippen LogP contribution in [0.5, 0.6) is 0 Å². The number of guanidine groups is 1. The smallest absolute Gasteiger partial charge is 0.231 e. The lowest BCUT2D eigenvalue weighted by atomic mass is 10.2. The summed E-state index contributed by atoms with van der Waals surface area (Å²) in [5.41, 5.74) is 2.14. The zero-order chi connectivity index (χ0) is 19.3. The first-order chi connectivity index (χ1) is 13.8. The number of piperazine rings is 1. The number of nitrogens with one attached hydrogen (secondary N) is 1. The SMILES string of the molecule is CN=C(NCCN1C(=O)Cc2ccccc21)N1CCN(c2ncccn2)CC1.I. The molecule has 0 bridgehead atoms. The third-order valence-electron chi connectivity index (χ3n) is 5.17. The van der Waals surface area contributed by atoms with E-state index in [1.807, 2.05) is 35.2 Å². The predicted octanol–water partition coefficient (Wildman–Crippen LogP) is 1.38. The fraction of sp³-hybridized carbons (Fsp3) is 0.400. The van der Waals surface area contributed by atoms with E-state index >= 15 is 0 Å². The van der Waals surface area contributed by atoms with Crippen LogP contribution < -0.4 is 15.1 Å². The summed E-state index contributed by atoms with van der Waals surface area (Å²) in [6, 6.07) is 9.83. The molecule has 3 heterocycles. The summed E-state index contributed by atoms with van der Waals surface area (Å²) in [5, 5.41) is 3.40. The zero-order valence-corrected chi connectivity index (χ0v) is 18.8. The summed E-state index contributed by atoms with van der Waals surface area (Å²) in [6.45, 7) is 4.69. The quantitative estimate of drug-likeness (QED) is 0.383. The number of hydrogen-bond acceptors (Lipinski definition) is 5. The number of carbonyl (C=O) groups is 1. The highest BCUT2D eigenvalue weighted by Gasteiger charge is 2.26. The number of nitrogens with zero attached hydrogens (tertiary/aromatic N) is 6. The Bertz CT molecular complexity index is 853. The molecule has 0 atom stereocenters. The molecule has 1 N–H and O–H groups in total. The van der Waals surface area contributed by atoms with E-state index in [2.05, 4.69) is 30.1 Å². The Hall–Kier alpha value is -2.43. The summed E-state index contributed by atoms with van der Waals surface area (Å²) in [6.07, 6.45) is 4.04. The maximum Gasteiger partial charge on any atom is 0.231 e. The molecule has 0 aliphatic carbocycles. The molecular formula is C20H26IN7O. The summed E-state index contributed by atoms with van der Waals surface area (Å²) in [7, 11) is 1.80. The maximum absolute atomic E-state index is 12.3. The predicted molar refractivity (Wildman–Crippen MR) is 125 cm³/mol. The van der Waals surface area contributed by atoms with Gasteiger partial charge in [-0.15, -0.1) is 24.0 Å². The lowest BCUT2D eigenvalue weighted by Crippen LogP contribution is -2.53. The van der Waals surface area contributed by atoms with Crippen molar-refractivity contribution in [2.75, 3.05) is 56.1 Å². The van der Waals surface area contributed by atoms with Crippen molar-refractivity contribution in [2.24, 2.45) is 4.99 Å². The molecule has 154 valence electrons. The van der Waals surface area contributed by atoms with E-state index in [-0.39, 0.29) is 29.9 Å². The summed E-state index contributed by atoms with van der Waals surface area (Å²) >= 11 is 0. The van der Waals surface area contributed by atoms with E-state index in [9.17, 15) is 4.79 Å². The second-order valence-electron chi connectivity index (χ2n) is 6.85. The number of aromatic nitrogens is 2. The average molecular weight is 507 g/mol. The van der Waals surface area contributed by atoms with Gasteiger partial charge in [-0.3, -0.25) is 9.79 Å². The Labute approximate surface area is 188 Å². The molecule has 9 heteroatoms. The van der Waals surface area contributed by atoms with E-state index in [0.29, 0.717) is 19.5 Å². The van der Waals surface area contributed by atoms with Gasteiger partial charge in [0.25, 0.3) is 0 Å². The molecule has 1 fully saturated rings. The van der Waals surface area contributed by atoms with Gasteiger partial charge in [0.2, 0.25) is 11.9 Å². The Balaban J connectivity index is 0.00000240. The molecule has 1 amide bonds. The monoisotopic (exact) mass is 507 g/mol. The van der Waals surface area contributed by atoms with Crippen LogP contribution in [0.2, 0.25) is 0 Å². The summed E-state index contributed by atoms with van der Waals surface area (Å²) < 4.78 is 0. The lowest BCUT2D eigenvalue weighted by Gasteiger charge is -2.36. The number of anilines is 2. The van der Waals surface area contributed by atoms with Crippen molar-refractivity contribution in [2.45, 2.75) is 6.42 Å². The van der Waals surface area contributed by atoms with E-state index in [1.54, 1.807) is 19.4 Å². The fourth-order valence-corrected chi connectivity index (χ4v) is 3.75. The normalized spacial score (nSPS) is 16.5. The van der Waals surface area contributed by atoms with Crippen molar-refractivity contribution in [1.82, 2.24) is 20.2 Å². The van der Waals surface area contributed by atoms with Crippen LogP contribution in [0.3, 0.4) is 0 Å². The lowest BCUT2D eigenvalue weighted by molar-refractivity contribution is -0.117. The van der Waals surface area contributed by atoms with Gasteiger partial charge in [-0.2, -0.15) is 0 Å². The molecular weight excluding hydrogens is 481 g/mol. The number of benzene rings is 1. The number of carbonyl (C=O) groups excluding carboxylic acids is 1. The zero-order valence-electron chi connectivity index (χ0n) is 16.5. The molecule has 1 aromatic carbocycles. The third-order valence-corrected chi connectivity index (χ3v) is 5.17. The van der Waals surface area contributed by atoms with Crippen molar-refractivity contribution in [3.05, 3.63) is 48.3 Å². The van der Waals surface area contributed by atoms with Gasteiger partial charge in [-0.25, -0.2) is 9.97 Å². The Morgan fingerprint density at radius 1 is 1.10 bits per heavy atom. The molecule has 2 aliphatic heterocycles. The van der Waals surface area contributed by atoms with Crippen LogP contribution in [-0.4, -0.2) is 73.1 Å². The molecule has 1 aromatic heterocycles. The first-order valence-electron chi connectivity index (χ1n) is 9.62. The van der Waals surface area contributed by atoms with E-state index in [1.165, 1.54) is 0 Å². The van der Waals surface area contributed by atoms with Gasteiger partial charge in [-0.1, -0.05) is 18.2 Å². The van der Waals surface area contributed by atoms with Gasteiger partial charge in [0, 0.05) is 64.4 Å². The van der Waals surface area contributed by atoms with Crippen molar-refractivity contribution in [3.8, 4) is 0 Å². The third kappa shape index (κ3) is 4.77. The molecule has 0 saturated carbocycles. The molecule has 8 nitrogen and oxygen atoms in total. The van der Waals surface area contributed by atoms with Gasteiger partial charge in [0.15, 0.2) is 5.96 Å². The Morgan fingerprint density at radius 3 is 2.55 bits per heavy atom. The number of fused-ring (bicyclic) bond motifs is 1. The standard InChI is InChI=1S/C20H25N7O.HI/c1-21-19(25-11-13-26(14-12-25)20-22-7-4-8-23-20)24-9-10-27-17-6-3-2-5-16(17)15-18(27)28;/h2-8H,9-15H2,1H3,(H,21,24);1H. The number of aliphatic imine (C=N–C) groups is 1. The molecule has 1 saturated heterocycles. The van der Waals surface area contributed by atoms with E-state index in [0.717, 1.165) is 49.3 Å². The minimum Gasteiger partial charge on any atom is -0.354 e. The van der Waals surface area contributed by atoms with Gasteiger partial charge in [-0.05, 0) is 17.7 Å². The van der Waals surface area contributed by atoms with Crippen LogP contribution in [0, 0.1) is 0 Å². The molecule has 2 aliphatic rings. The molecule has 4 rings (SSSR count). The fourth-order valence-electron chi connectivity index (χ4n) is 3.75. The Morgan fingerprint density at radius 2 is 1.83 bits per heavy atom. The summed E-state index contributed by atoms with van der Waals surface area (Å²) in [4.78, 5) is 31.6. The highest BCUT2D eigenvalue weighted by molar-refractivity contribution is 14.0. The maximum atomic E-state index is 12.3. The highest BCUT2D eigenvalue weighted by atomic mass is 127. The molecule has 0 unspecified atom stereocenters. The molecule has 2 aromatic rings. The van der Waals surface area contributed by atoms with Gasteiger partial charge < -0.3 is 20.0 Å².